The smallest absolute Gasteiger partial charge is 0.264 e. The van der Waals surface area contributed by atoms with E-state index in [1.54, 1.807) is 18.0 Å². The fourth-order valence-electron chi connectivity index (χ4n) is 2.81. The van der Waals surface area contributed by atoms with Gasteiger partial charge in [0.2, 0.25) is 11.8 Å². The molecular formula is C17H25N3O3S. The molecule has 7 heteroatoms. The van der Waals surface area contributed by atoms with Crippen LogP contribution >= 0.6 is 11.3 Å². The summed E-state index contributed by atoms with van der Waals surface area (Å²) in [7, 11) is 1.64. The summed E-state index contributed by atoms with van der Waals surface area (Å²) in [6.45, 7) is 3.23. The summed E-state index contributed by atoms with van der Waals surface area (Å²) in [6, 6.07) is 3.59. The van der Waals surface area contributed by atoms with Crippen molar-refractivity contribution in [2.24, 2.45) is 0 Å². The van der Waals surface area contributed by atoms with Crippen molar-refractivity contribution in [1.29, 1.82) is 0 Å². The van der Waals surface area contributed by atoms with E-state index in [-0.39, 0.29) is 30.3 Å². The Hall–Kier alpha value is -1.89. The van der Waals surface area contributed by atoms with E-state index in [0.29, 0.717) is 24.4 Å². The molecule has 0 bridgehead atoms. The van der Waals surface area contributed by atoms with Crippen molar-refractivity contribution in [3.05, 3.63) is 22.4 Å². The number of likely N-dealkylation sites (tertiary alicyclic amines) is 1. The number of amides is 3. The van der Waals surface area contributed by atoms with E-state index in [1.165, 1.54) is 16.2 Å². The zero-order valence-corrected chi connectivity index (χ0v) is 15.1. The zero-order valence-electron chi connectivity index (χ0n) is 14.3. The standard InChI is InChI=1S/C17H25N3O3S/c1-3-6-15(21)18-13-7-4-9-20(11-13)16(22)12-19(2)17(23)14-8-5-10-24-14/h5,8,10,13H,3-4,6-7,9,11-12H2,1-2H3,(H,18,21). The summed E-state index contributed by atoms with van der Waals surface area (Å²) < 4.78 is 0. The zero-order chi connectivity index (χ0) is 17.5. The molecule has 2 heterocycles. The topological polar surface area (TPSA) is 69.7 Å². The summed E-state index contributed by atoms with van der Waals surface area (Å²) in [5.74, 6) is -0.165. The van der Waals surface area contributed by atoms with Crippen molar-refractivity contribution >= 4 is 29.1 Å². The van der Waals surface area contributed by atoms with E-state index < -0.39 is 0 Å². The van der Waals surface area contributed by atoms with Crippen molar-refractivity contribution < 1.29 is 14.4 Å². The maximum atomic E-state index is 12.5. The van der Waals surface area contributed by atoms with Crippen LogP contribution in [-0.4, -0.2) is 60.2 Å². The van der Waals surface area contributed by atoms with Crippen molar-refractivity contribution in [2.75, 3.05) is 26.7 Å². The van der Waals surface area contributed by atoms with Crippen molar-refractivity contribution in [3.63, 3.8) is 0 Å². The van der Waals surface area contributed by atoms with Gasteiger partial charge in [0.05, 0.1) is 11.4 Å². The number of carbonyl (C=O) groups excluding carboxylic acids is 3. The maximum Gasteiger partial charge on any atom is 0.264 e. The molecular weight excluding hydrogens is 326 g/mol. The second-order valence-electron chi connectivity index (χ2n) is 6.13. The Labute approximate surface area is 146 Å². The van der Waals surface area contributed by atoms with Crippen molar-refractivity contribution in [1.82, 2.24) is 15.1 Å². The molecule has 1 aromatic heterocycles. The minimum atomic E-state index is -0.136. The van der Waals surface area contributed by atoms with Crippen LogP contribution in [0.3, 0.4) is 0 Å². The summed E-state index contributed by atoms with van der Waals surface area (Å²) in [5, 5.41) is 4.84. The molecule has 0 aliphatic carbocycles. The van der Waals surface area contributed by atoms with Gasteiger partial charge in [-0.25, -0.2) is 0 Å². The average molecular weight is 351 g/mol. The Bertz CT molecular complexity index is 574. The largest absolute Gasteiger partial charge is 0.352 e. The highest BCUT2D eigenvalue weighted by molar-refractivity contribution is 7.12. The van der Waals surface area contributed by atoms with Gasteiger partial charge in [0.1, 0.15) is 0 Å². The molecule has 2 rings (SSSR count). The Morgan fingerprint density at radius 1 is 1.42 bits per heavy atom. The number of hydrogen-bond acceptors (Lipinski definition) is 4. The van der Waals surface area contributed by atoms with E-state index in [9.17, 15) is 14.4 Å². The van der Waals surface area contributed by atoms with Gasteiger partial charge in [-0.15, -0.1) is 11.3 Å². The SMILES string of the molecule is CCCC(=O)NC1CCCN(C(=O)CN(C)C(=O)c2cccs2)C1. The Morgan fingerprint density at radius 2 is 2.21 bits per heavy atom. The van der Waals surface area contributed by atoms with Gasteiger partial charge in [-0.3, -0.25) is 14.4 Å². The molecule has 1 aliphatic rings. The first-order valence-electron chi connectivity index (χ1n) is 8.37. The third kappa shape index (κ3) is 5.06. The Morgan fingerprint density at radius 3 is 2.88 bits per heavy atom. The van der Waals surface area contributed by atoms with Gasteiger partial charge in [-0.2, -0.15) is 0 Å². The molecule has 1 atom stereocenters. The molecule has 0 aromatic carbocycles. The first kappa shape index (κ1) is 18.4. The molecule has 6 nitrogen and oxygen atoms in total. The number of carbonyl (C=O) groups is 3. The normalized spacial score (nSPS) is 17.4. The van der Waals surface area contributed by atoms with Gasteiger partial charge >= 0.3 is 0 Å². The molecule has 3 amide bonds. The molecule has 1 aromatic rings. The second kappa shape index (κ2) is 8.82. The highest BCUT2D eigenvalue weighted by Crippen LogP contribution is 2.13. The van der Waals surface area contributed by atoms with E-state index in [1.807, 2.05) is 18.4 Å². The summed E-state index contributed by atoms with van der Waals surface area (Å²) in [5.41, 5.74) is 0. The molecule has 132 valence electrons. The predicted molar refractivity (Wildman–Crippen MR) is 93.9 cm³/mol. The van der Waals surface area contributed by atoms with Gasteiger partial charge in [-0.1, -0.05) is 13.0 Å². The lowest BCUT2D eigenvalue weighted by Gasteiger charge is -2.34. The molecule has 0 spiro atoms. The van der Waals surface area contributed by atoms with Crippen molar-refractivity contribution in [3.8, 4) is 0 Å². The Kier molecular flexibility index (Phi) is 6.78. The van der Waals surface area contributed by atoms with Crippen LogP contribution in [0.25, 0.3) is 0 Å². The van der Waals surface area contributed by atoms with Gasteiger partial charge in [0, 0.05) is 32.6 Å². The number of hydrogen-bond donors (Lipinski definition) is 1. The van der Waals surface area contributed by atoms with Crippen LogP contribution in [0.15, 0.2) is 17.5 Å². The van der Waals surface area contributed by atoms with E-state index in [2.05, 4.69) is 5.32 Å². The third-order valence-corrected chi connectivity index (χ3v) is 4.93. The van der Waals surface area contributed by atoms with E-state index in [4.69, 9.17) is 0 Å². The lowest BCUT2D eigenvalue weighted by Crippen LogP contribution is -2.51. The van der Waals surface area contributed by atoms with Crippen LogP contribution in [0, 0.1) is 0 Å². The van der Waals surface area contributed by atoms with Gasteiger partial charge in [0.15, 0.2) is 0 Å². The van der Waals surface area contributed by atoms with Gasteiger partial charge in [0.25, 0.3) is 5.91 Å². The second-order valence-corrected chi connectivity index (χ2v) is 7.08. The van der Waals surface area contributed by atoms with Crippen LogP contribution in [0.5, 0.6) is 0 Å². The molecule has 0 radical (unpaired) electrons. The summed E-state index contributed by atoms with van der Waals surface area (Å²) >= 11 is 1.37. The lowest BCUT2D eigenvalue weighted by atomic mass is 10.1. The number of nitrogens with one attached hydrogen (secondary N) is 1. The van der Waals surface area contributed by atoms with Crippen molar-refractivity contribution in [2.45, 2.75) is 38.6 Å². The van der Waals surface area contributed by atoms with Crippen LogP contribution < -0.4 is 5.32 Å². The fourth-order valence-corrected chi connectivity index (χ4v) is 3.53. The summed E-state index contributed by atoms with van der Waals surface area (Å²) in [4.78, 5) is 40.2. The maximum absolute atomic E-state index is 12.5. The third-order valence-electron chi connectivity index (χ3n) is 4.07. The van der Waals surface area contributed by atoms with E-state index >= 15 is 0 Å². The molecule has 1 N–H and O–H groups in total. The minimum Gasteiger partial charge on any atom is -0.352 e. The lowest BCUT2D eigenvalue weighted by molar-refractivity contribution is -0.134. The molecule has 24 heavy (non-hydrogen) atoms. The van der Waals surface area contributed by atoms with Crippen LogP contribution in [0.1, 0.15) is 42.3 Å². The van der Waals surface area contributed by atoms with Crippen LogP contribution in [0.4, 0.5) is 0 Å². The number of nitrogens with zero attached hydrogens (tertiary/aromatic N) is 2. The number of likely N-dealkylation sites (N-methyl/N-ethyl adjacent to an activating group) is 1. The minimum absolute atomic E-state index is 0.0139. The van der Waals surface area contributed by atoms with Gasteiger partial charge < -0.3 is 15.1 Å². The van der Waals surface area contributed by atoms with Crippen LogP contribution in [-0.2, 0) is 9.59 Å². The number of piperidine rings is 1. The average Bonchev–Trinajstić information content (AvgIpc) is 3.08. The molecule has 1 aliphatic heterocycles. The first-order valence-corrected chi connectivity index (χ1v) is 9.25. The Balaban J connectivity index is 1.85. The van der Waals surface area contributed by atoms with Gasteiger partial charge in [-0.05, 0) is 30.7 Å². The number of rotatable bonds is 6. The highest BCUT2D eigenvalue weighted by Gasteiger charge is 2.26. The molecule has 1 unspecified atom stereocenters. The quantitative estimate of drug-likeness (QED) is 0.848. The highest BCUT2D eigenvalue weighted by atomic mass is 32.1. The molecule has 0 saturated carbocycles. The summed E-state index contributed by atoms with van der Waals surface area (Å²) in [6.07, 6.45) is 3.09. The fraction of sp³-hybridized carbons (Fsp3) is 0.588. The molecule has 1 fully saturated rings. The molecule has 1 saturated heterocycles. The van der Waals surface area contributed by atoms with Crippen LogP contribution in [0.2, 0.25) is 0 Å². The monoisotopic (exact) mass is 351 g/mol. The van der Waals surface area contributed by atoms with E-state index in [0.717, 1.165) is 19.3 Å². The first-order chi connectivity index (χ1) is 11.5. The number of thiophene rings is 1. The predicted octanol–water partition coefficient (Wildman–Crippen LogP) is 1.73.